The zero-order chi connectivity index (χ0) is 11.5. The SMILES string of the molecule is CC1CCC(NC(=O)[C@@H]2CCCNC2)C1C. The summed E-state index contributed by atoms with van der Waals surface area (Å²) in [7, 11) is 0. The number of hydrogen-bond acceptors (Lipinski definition) is 2. The first-order valence-electron chi connectivity index (χ1n) is 6.69. The predicted molar refractivity (Wildman–Crippen MR) is 65.1 cm³/mol. The lowest BCUT2D eigenvalue weighted by Crippen LogP contribution is -2.45. The van der Waals surface area contributed by atoms with E-state index in [9.17, 15) is 4.79 Å². The molecule has 3 nitrogen and oxygen atoms in total. The molecular weight excluding hydrogens is 200 g/mol. The first-order valence-corrected chi connectivity index (χ1v) is 6.69. The summed E-state index contributed by atoms with van der Waals surface area (Å²) in [6, 6.07) is 0.421. The zero-order valence-electron chi connectivity index (χ0n) is 10.5. The van der Waals surface area contributed by atoms with Gasteiger partial charge in [0.05, 0.1) is 5.92 Å². The van der Waals surface area contributed by atoms with Crippen molar-refractivity contribution in [2.24, 2.45) is 17.8 Å². The highest BCUT2D eigenvalue weighted by Crippen LogP contribution is 2.31. The second-order valence-corrected chi connectivity index (χ2v) is 5.57. The number of carbonyl (C=O) groups is 1. The Bertz CT molecular complexity index is 248. The fraction of sp³-hybridized carbons (Fsp3) is 0.923. The van der Waals surface area contributed by atoms with Crippen LogP contribution in [-0.4, -0.2) is 25.0 Å². The van der Waals surface area contributed by atoms with E-state index in [2.05, 4.69) is 24.5 Å². The number of piperidine rings is 1. The molecule has 1 saturated carbocycles. The minimum absolute atomic E-state index is 0.205. The third kappa shape index (κ3) is 2.57. The molecule has 1 aliphatic carbocycles. The third-order valence-electron chi connectivity index (χ3n) is 4.46. The van der Waals surface area contributed by atoms with Crippen LogP contribution in [0.1, 0.15) is 39.5 Å². The van der Waals surface area contributed by atoms with Gasteiger partial charge in [0.1, 0.15) is 0 Å². The maximum Gasteiger partial charge on any atom is 0.224 e. The van der Waals surface area contributed by atoms with Crippen LogP contribution in [0.15, 0.2) is 0 Å². The highest BCUT2D eigenvalue weighted by atomic mass is 16.2. The van der Waals surface area contributed by atoms with Gasteiger partial charge in [-0.1, -0.05) is 13.8 Å². The molecule has 3 heteroatoms. The molecule has 4 atom stereocenters. The van der Waals surface area contributed by atoms with E-state index in [0.29, 0.717) is 12.0 Å². The van der Waals surface area contributed by atoms with Gasteiger partial charge in [0, 0.05) is 12.6 Å². The molecule has 1 saturated heterocycles. The Morgan fingerprint density at radius 3 is 2.62 bits per heavy atom. The van der Waals surface area contributed by atoms with Crippen LogP contribution in [-0.2, 0) is 4.79 Å². The number of carbonyl (C=O) groups excluding carboxylic acids is 1. The first-order chi connectivity index (χ1) is 7.68. The second-order valence-electron chi connectivity index (χ2n) is 5.57. The van der Waals surface area contributed by atoms with Gasteiger partial charge < -0.3 is 10.6 Å². The molecule has 16 heavy (non-hydrogen) atoms. The molecule has 1 amide bonds. The monoisotopic (exact) mass is 224 g/mol. The highest BCUT2D eigenvalue weighted by molar-refractivity contribution is 5.79. The van der Waals surface area contributed by atoms with E-state index in [1.54, 1.807) is 0 Å². The summed E-state index contributed by atoms with van der Waals surface area (Å²) in [6.45, 7) is 6.49. The topological polar surface area (TPSA) is 41.1 Å². The van der Waals surface area contributed by atoms with Crippen molar-refractivity contribution in [3.05, 3.63) is 0 Å². The van der Waals surface area contributed by atoms with Crippen LogP contribution < -0.4 is 10.6 Å². The summed E-state index contributed by atoms with van der Waals surface area (Å²) in [5.74, 6) is 1.88. The fourth-order valence-corrected chi connectivity index (χ4v) is 2.94. The van der Waals surface area contributed by atoms with Gasteiger partial charge in [-0.05, 0) is 44.1 Å². The summed E-state index contributed by atoms with van der Waals surface area (Å²) in [5.41, 5.74) is 0. The van der Waals surface area contributed by atoms with Crippen molar-refractivity contribution in [3.8, 4) is 0 Å². The molecule has 3 unspecified atom stereocenters. The van der Waals surface area contributed by atoms with Crippen molar-refractivity contribution < 1.29 is 4.79 Å². The maximum atomic E-state index is 12.1. The molecule has 0 aromatic carbocycles. The maximum absolute atomic E-state index is 12.1. The van der Waals surface area contributed by atoms with Crippen LogP contribution in [0.3, 0.4) is 0 Å². The zero-order valence-corrected chi connectivity index (χ0v) is 10.5. The number of hydrogen-bond donors (Lipinski definition) is 2. The summed E-state index contributed by atoms with van der Waals surface area (Å²) in [5, 5.41) is 6.55. The smallest absolute Gasteiger partial charge is 0.224 e. The molecule has 2 fully saturated rings. The molecule has 2 rings (SSSR count). The van der Waals surface area contributed by atoms with Crippen LogP contribution in [0.4, 0.5) is 0 Å². The molecule has 0 radical (unpaired) electrons. The second kappa shape index (κ2) is 5.17. The molecule has 0 aromatic rings. The Labute approximate surface area is 98.4 Å². The molecule has 2 N–H and O–H groups in total. The van der Waals surface area contributed by atoms with Crippen molar-refractivity contribution in [3.63, 3.8) is 0 Å². The van der Waals surface area contributed by atoms with Gasteiger partial charge in [0.15, 0.2) is 0 Å². The summed E-state index contributed by atoms with van der Waals surface area (Å²) < 4.78 is 0. The average Bonchev–Trinajstić information content (AvgIpc) is 2.62. The largest absolute Gasteiger partial charge is 0.353 e. The van der Waals surface area contributed by atoms with E-state index >= 15 is 0 Å². The number of rotatable bonds is 2. The van der Waals surface area contributed by atoms with E-state index in [0.717, 1.165) is 38.3 Å². The van der Waals surface area contributed by atoms with Gasteiger partial charge in [-0.15, -0.1) is 0 Å². The molecule has 1 aliphatic heterocycles. The van der Waals surface area contributed by atoms with Crippen molar-refractivity contribution in [2.75, 3.05) is 13.1 Å². The van der Waals surface area contributed by atoms with Crippen LogP contribution in [0, 0.1) is 17.8 Å². The van der Waals surface area contributed by atoms with Crippen molar-refractivity contribution in [2.45, 2.75) is 45.6 Å². The molecular formula is C13H24N2O. The molecule has 0 bridgehead atoms. The predicted octanol–water partition coefficient (Wildman–Crippen LogP) is 1.54. The quantitative estimate of drug-likeness (QED) is 0.747. The summed E-state index contributed by atoms with van der Waals surface area (Å²) in [6.07, 6.45) is 4.60. The fourth-order valence-electron chi connectivity index (χ4n) is 2.94. The molecule has 92 valence electrons. The normalized spacial score (nSPS) is 39.6. The van der Waals surface area contributed by atoms with Crippen LogP contribution in [0.5, 0.6) is 0 Å². The van der Waals surface area contributed by atoms with Gasteiger partial charge in [-0.3, -0.25) is 4.79 Å². The van der Waals surface area contributed by atoms with E-state index in [-0.39, 0.29) is 11.8 Å². The highest BCUT2D eigenvalue weighted by Gasteiger charge is 2.32. The Kier molecular flexibility index (Phi) is 3.85. The standard InChI is InChI=1S/C13H24N2O/c1-9-5-6-12(10(9)2)15-13(16)11-4-3-7-14-8-11/h9-12,14H,3-8H2,1-2H3,(H,15,16)/t9?,10?,11-,12?/m1/s1. The number of nitrogens with one attached hydrogen (secondary N) is 2. The van der Waals surface area contributed by atoms with Crippen molar-refractivity contribution >= 4 is 5.91 Å². The van der Waals surface area contributed by atoms with Crippen LogP contribution >= 0.6 is 0 Å². The first kappa shape index (κ1) is 11.9. The van der Waals surface area contributed by atoms with Gasteiger partial charge in [-0.2, -0.15) is 0 Å². The Morgan fingerprint density at radius 1 is 1.25 bits per heavy atom. The van der Waals surface area contributed by atoms with Crippen molar-refractivity contribution in [1.82, 2.24) is 10.6 Å². The lowest BCUT2D eigenvalue weighted by molar-refractivity contribution is -0.126. The average molecular weight is 224 g/mol. The molecule has 0 spiro atoms. The van der Waals surface area contributed by atoms with E-state index in [4.69, 9.17) is 0 Å². The number of amides is 1. The summed E-state index contributed by atoms with van der Waals surface area (Å²) in [4.78, 5) is 12.1. The minimum Gasteiger partial charge on any atom is -0.353 e. The Hall–Kier alpha value is -0.570. The van der Waals surface area contributed by atoms with Crippen LogP contribution in [0.25, 0.3) is 0 Å². The molecule has 2 aliphatic rings. The Morgan fingerprint density at radius 2 is 2.06 bits per heavy atom. The lowest BCUT2D eigenvalue weighted by atomic mass is 9.95. The molecule has 0 aromatic heterocycles. The van der Waals surface area contributed by atoms with Crippen molar-refractivity contribution in [1.29, 1.82) is 0 Å². The third-order valence-corrected chi connectivity index (χ3v) is 4.46. The minimum atomic E-state index is 0.205. The van der Waals surface area contributed by atoms with Gasteiger partial charge in [0.25, 0.3) is 0 Å². The molecule has 1 heterocycles. The Balaban J connectivity index is 1.82. The summed E-state index contributed by atoms with van der Waals surface area (Å²) >= 11 is 0. The van der Waals surface area contributed by atoms with E-state index in [1.807, 2.05) is 0 Å². The van der Waals surface area contributed by atoms with Crippen LogP contribution in [0.2, 0.25) is 0 Å². The van der Waals surface area contributed by atoms with E-state index < -0.39 is 0 Å². The lowest BCUT2D eigenvalue weighted by Gasteiger charge is -2.26. The van der Waals surface area contributed by atoms with Gasteiger partial charge in [0.2, 0.25) is 5.91 Å². The van der Waals surface area contributed by atoms with Gasteiger partial charge >= 0.3 is 0 Å². The van der Waals surface area contributed by atoms with E-state index in [1.165, 1.54) is 6.42 Å². The van der Waals surface area contributed by atoms with Gasteiger partial charge in [-0.25, -0.2) is 0 Å².